The summed E-state index contributed by atoms with van der Waals surface area (Å²) >= 11 is 0. The van der Waals surface area contributed by atoms with E-state index in [-0.39, 0.29) is 17.3 Å². The number of carbonyl (C=O) groups is 1. The number of piperidine rings is 1. The molecule has 1 heterocycles. The van der Waals surface area contributed by atoms with Crippen LogP contribution in [0, 0.1) is 0 Å². The SMILES string of the molecule is C=CCc1cc(/C=C2\CN(CCC)C/C(=C\c3ccc(O)c(CC=C)c3)C2=O)ccc1O. The zero-order valence-corrected chi connectivity index (χ0v) is 18.7. The van der Waals surface area contributed by atoms with Crippen LogP contribution in [0.1, 0.15) is 35.6 Å². The molecule has 0 bridgehead atoms. The second-order valence-electron chi connectivity index (χ2n) is 8.14. The highest BCUT2D eigenvalue weighted by Crippen LogP contribution is 2.26. The highest BCUT2D eigenvalue weighted by Gasteiger charge is 2.25. The number of nitrogens with zero attached hydrogens (tertiary/aromatic N) is 1. The van der Waals surface area contributed by atoms with Crippen molar-refractivity contribution in [3.05, 3.63) is 95.1 Å². The average Bonchev–Trinajstić information content (AvgIpc) is 2.76. The number of phenols is 2. The van der Waals surface area contributed by atoms with Crippen molar-refractivity contribution in [2.75, 3.05) is 19.6 Å². The maximum absolute atomic E-state index is 13.3. The number of aromatic hydroxyl groups is 2. The van der Waals surface area contributed by atoms with Crippen LogP contribution in [0.2, 0.25) is 0 Å². The lowest BCUT2D eigenvalue weighted by Crippen LogP contribution is -2.38. The quantitative estimate of drug-likeness (QED) is 0.441. The van der Waals surface area contributed by atoms with Gasteiger partial charge in [0.15, 0.2) is 5.78 Å². The van der Waals surface area contributed by atoms with Gasteiger partial charge in [0, 0.05) is 24.2 Å². The Labute approximate surface area is 190 Å². The largest absolute Gasteiger partial charge is 0.508 e. The number of carbonyl (C=O) groups excluding carboxylic acids is 1. The molecule has 0 atom stereocenters. The zero-order chi connectivity index (χ0) is 23.1. The third-order valence-corrected chi connectivity index (χ3v) is 5.53. The minimum Gasteiger partial charge on any atom is -0.508 e. The van der Waals surface area contributed by atoms with Gasteiger partial charge in [-0.25, -0.2) is 0 Å². The van der Waals surface area contributed by atoms with Crippen LogP contribution in [0.15, 0.2) is 72.9 Å². The maximum Gasteiger partial charge on any atom is 0.187 e. The second kappa shape index (κ2) is 10.8. The van der Waals surface area contributed by atoms with Crippen LogP contribution in [-0.2, 0) is 17.6 Å². The van der Waals surface area contributed by atoms with Crippen molar-refractivity contribution in [2.45, 2.75) is 26.2 Å². The maximum atomic E-state index is 13.3. The topological polar surface area (TPSA) is 60.8 Å². The van der Waals surface area contributed by atoms with E-state index in [2.05, 4.69) is 25.0 Å². The van der Waals surface area contributed by atoms with Crippen molar-refractivity contribution in [3.8, 4) is 11.5 Å². The fraction of sp³-hybridized carbons (Fsp3) is 0.250. The first-order valence-electron chi connectivity index (χ1n) is 11.0. The summed E-state index contributed by atoms with van der Waals surface area (Å²) in [5.41, 5.74) is 4.82. The van der Waals surface area contributed by atoms with Crippen LogP contribution < -0.4 is 0 Å². The Morgan fingerprint density at radius 2 is 1.34 bits per heavy atom. The minimum atomic E-state index is 0.0362. The molecule has 4 nitrogen and oxygen atoms in total. The molecule has 3 rings (SSSR count). The highest BCUT2D eigenvalue weighted by molar-refractivity contribution is 6.14. The smallest absolute Gasteiger partial charge is 0.187 e. The molecule has 2 aromatic carbocycles. The van der Waals surface area contributed by atoms with Gasteiger partial charge in [0.1, 0.15) is 11.5 Å². The lowest BCUT2D eigenvalue weighted by molar-refractivity contribution is -0.113. The van der Waals surface area contributed by atoms with Gasteiger partial charge in [-0.1, -0.05) is 31.2 Å². The molecule has 2 aromatic rings. The van der Waals surface area contributed by atoms with Crippen LogP contribution in [-0.4, -0.2) is 40.5 Å². The standard InChI is InChI=1S/C28H31NO3/c1-4-7-22-14-20(9-11-26(22)30)16-24-18-29(13-6-3)19-25(28(24)32)17-21-10-12-27(31)23(15-21)8-5-2/h4-5,9-12,14-17,30-31H,1-2,6-8,13,18-19H2,3H3/b24-16+,25-17+. The van der Waals surface area contributed by atoms with Crippen LogP contribution in [0.25, 0.3) is 12.2 Å². The third-order valence-electron chi connectivity index (χ3n) is 5.53. The molecule has 1 fully saturated rings. The van der Waals surface area contributed by atoms with E-state index < -0.39 is 0 Å². The van der Waals surface area contributed by atoms with E-state index in [4.69, 9.17) is 0 Å². The van der Waals surface area contributed by atoms with E-state index in [1.54, 1.807) is 24.3 Å². The molecule has 1 saturated heterocycles. The molecule has 0 saturated carbocycles. The van der Waals surface area contributed by atoms with E-state index in [9.17, 15) is 15.0 Å². The lowest BCUT2D eigenvalue weighted by atomic mass is 9.93. The van der Waals surface area contributed by atoms with Crippen molar-refractivity contribution in [1.29, 1.82) is 0 Å². The molecule has 1 aliphatic heterocycles. The van der Waals surface area contributed by atoms with Gasteiger partial charge in [0.05, 0.1) is 0 Å². The Balaban J connectivity index is 1.97. The predicted octanol–water partition coefficient (Wildman–Crippen LogP) is 5.32. The number of ketones is 1. The van der Waals surface area contributed by atoms with Crippen molar-refractivity contribution >= 4 is 17.9 Å². The first kappa shape index (κ1) is 23.3. The number of hydrogen-bond donors (Lipinski definition) is 2. The van der Waals surface area contributed by atoms with Crippen molar-refractivity contribution in [1.82, 2.24) is 4.90 Å². The van der Waals surface area contributed by atoms with Crippen LogP contribution in [0.5, 0.6) is 11.5 Å². The number of phenolic OH excluding ortho intramolecular Hbond substituents is 2. The minimum absolute atomic E-state index is 0.0362. The van der Waals surface area contributed by atoms with Crippen molar-refractivity contribution < 1.29 is 15.0 Å². The van der Waals surface area contributed by atoms with Gasteiger partial charge >= 0.3 is 0 Å². The van der Waals surface area contributed by atoms with Gasteiger partial charge < -0.3 is 10.2 Å². The molecule has 2 N–H and O–H groups in total. The zero-order valence-electron chi connectivity index (χ0n) is 18.7. The van der Waals surface area contributed by atoms with Gasteiger partial charge in [-0.05, 0) is 84.5 Å². The average molecular weight is 430 g/mol. The Morgan fingerprint density at radius 3 is 1.75 bits per heavy atom. The predicted molar refractivity (Wildman–Crippen MR) is 132 cm³/mol. The summed E-state index contributed by atoms with van der Waals surface area (Å²) in [6.07, 6.45) is 9.48. The molecule has 166 valence electrons. The second-order valence-corrected chi connectivity index (χ2v) is 8.14. The van der Waals surface area contributed by atoms with Gasteiger partial charge in [-0.2, -0.15) is 0 Å². The molecular weight excluding hydrogens is 398 g/mol. The Bertz CT molecular complexity index is 997. The molecule has 0 aliphatic carbocycles. The van der Waals surface area contributed by atoms with Crippen LogP contribution in [0.4, 0.5) is 0 Å². The van der Waals surface area contributed by atoms with Crippen LogP contribution in [0.3, 0.4) is 0 Å². The van der Waals surface area contributed by atoms with Gasteiger partial charge in [-0.3, -0.25) is 9.69 Å². The normalized spacial score (nSPS) is 17.1. The summed E-state index contributed by atoms with van der Waals surface area (Å²) in [7, 11) is 0. The first-order chi connectivity index (χ1) is 15.4. The highest BCUT2D eigenvalue weighted by atomic mass is 16.3. The van der Waals surface area contributed by atoms with E-state index in [1.807, 2.05) is 36.4 Å². The molecule has 4 heteroatoms. The fourth-order valence-electron chi connectivity index (χ4n) is 4.02. The first-order valence-corrected chi connectivity index (χ1v) is 11.0. The van der Waals surface area contributed by atoms with E-state index in [0.29, 0.717) is 25.9 Å². The van der Waals surface area contributed by atoms with E-state index >= 15 is 0 Å². The number of Topliss-reactive ketones (excluding diaryl/α,β-unsaturated/α-hetero) is 1. The number of allylic oxidation sites excluding steroid dienone is 2. The Morgan fingerprint density at radius 1 is 0.875 bits per heavy atom. The van der Waals surface area contributed by atoms with Gasteiger partial charge in [-0.15, -0.1) is 13.2 Å². The van der Waals surface area contributed by atoms with Crippen LogP contribution >= 0.6 is 0 Å². The molecular formula is C28H31NO3. The fourth-order valence-corrected chi connectivity index (χ4v) is 4.02. The molecule has 0 radical (unpaired) electrons. The summed E-state index contributed by atoms with van der Waals surface area (Å²) < 4.78 is 0. The molecule has 1 aliphatic rings. The number of likely N-dealkylation sites (tertiary alicyclic amines) is 1. The lowest BCUT2D eigenvalue weighted by Gasteiger charge is -2.29. The number of benzene rings is 2. The molecule has 0 amide bonds. The summed E-state index contributed by atoms with van der Waals surface area (Å²) in [6.45, 7) is 11.7. The van der Waals surface area contributed by atoms with E-state index in [0.717, 1.165) is 46.4 Å². The number of rotatable bonds is 8. The monoisotopic (exact) mass is 429 g/mol. The summed E-state index contributed by atoms with van der Waals surface area (Å²) in [6, 6.07) is 10.8. The molecule has 0 aromatic heterocycles. The number of hydrogen-bond acceptors (Lipinski definition) is 4. The Kier molecular flexibility index (Phi) is 7.85. The molecule has 0 spiro atoms. The summed E-state index contributed by atoms with van der Waals surface area (Å²) in [5.74, 6) is 0.504. The summed E-state index contributed by atoms with van der Waals surface area (Å²) in [4.78, 5) is 15.6. The van der Waals surface area contributed by atoms with Gasteiger partial charge in [0.2, 0.25) is 0 Å². The Hall–Kier alpha value is -3.37. The van der Waals surface area contributed by atoms with E-state index in [1.165, 1.54) is 0 Å². The summed E-state index contributed by atoms with van der Waals surface area (Å²) in [5, 5.41) is 20.1. The molecule has 0 unspecified atom stereocenters. The third kappa shape index (κ3) is 5.65. The molecule has 32 heavy (non-hydrogen) atoms. The van der Waals surface area contributed by atoms with Crippen molar-refractivity contribution in [3.63, 3.8) is 0 Å². The van der Waals surface area contributed by atoms with Gasteiger partial charge in [0.25, 0.3) is 0 Å². The van der Waals surface area contributed by atoms with Crippen molar-refractivity contribution in [2.24, 2.45) is 0 Å².